The van der Waals surface area contributed by atoms with Gasteiger partial charge in [-0.2, -0.15) is 4.98 Å². The van der Waals surface area contributed by atoms with E-state index in [9.17, 15) is 18.9 Å². The smallest absolute Gasteiger partial charge is 0.420 e. The maximum atomic E-state index is 15.1. The minimum Gasteiger partial charge on any atom is -0.492 e. The van der Waals surface area contributed by atoms with Gasteiger partial charge in [0.2, 0.25) is 17.8 Å². The number of aromatic nitrogens is 4. The third-order valence-electron chi connectivity index (χ3n) is 15.3. The summed E-state index contributed by atoms with van der Waals surface area (Å²) in [5.74, 6) is -0.0415. The number of ether oxygens (including phenoxy) is 1. The molecule has 392 valence electrons. The van der Waals surface area contributed by atoms with Gasteiger partial charge in [-0.3, -0.25) is 29.4 Å². The monoisotopic (exact) mass is 1090 g/mol. The van der Waals surface area contributed by atoms with Crippen molar-refractivity contribution in [3.05, 3.63) is 86.8 Å². The number of halogens is 2. The molecule has 17 nitrogen and oxygen atoms in total. The zero-order chi connectivity index (χ0) is 51.8. The molecule has 10 rings (SSSR count). The summed E-state index contributed by atoms with van der Waals surface area (Å²) in [6.07, 6.45) is 7.65. The predicted octanol–water partition coefficient (Wildman–Crippen LogP) is 8.57. The number of amides is 2. The average molecular weight is 1100 g/mol. The molecule has 4 saturated heterocycles. The van der Waals surface area contributed by atoms with E-state index in [2.05, 4.69) is 82.4 Å². The van der Waals surface area contributed by atoms with E-state index in [0.29, 0.717) is 59.3 Å². The number of rotatable bonds is 15. The van der Waals surface area contributed by atoms with Gasteiger partial charge < -0.3 is 39.1 Å². The van der Waals surface area contributed by atoms with Gasteiger partial charge in [0.1, 0.15) is 30.6 Å². The van der Waals surface area contributed by atoms with Crippen LogP contribution in [0.2, 0.25) is 0 Å². The van der Waals surface area contributed by atoms with Gasteiger partial charge in [0.15, 0.2) is 5.58 Å². The van der Waals surface area contributed by atoms with E-state index in [1.165, 1.54) is 28.0 Å². The molecule has 0 bridgehead atoms. The van der Waals surface area contributed by atoms with E-state index < -0.39 is 30.7 Å². The zero-order valence-electron chi connectivity index (χ0n) is 42.9. The number of oxazole rings is 1. The number of hydrogen-bond donors (Lipinski definition) is 3. The summed E-state index contributed by atoms with van der Waals surface area (Å²) in [7, 11) is -2.75. The minimum atomic E-state index is -2.75. The summed E-state index contributed by atoms with van der Waals surface area (Å²) in [4.78, 5) is 61.7. The van der Waals surface area contributed by atoms with Gasteiger partial charge in [-0.25, -0.2) is 14.2 Å². The lowest BCUT2D eigenvalue weighted by Crippen LogP contribution is -2.54. The quantitative estimate of drug-likeness (QED) is 0.0656. The SMILES string of the molecule is CCOc1cc(N2CCC(N3CCN(CC4CCN(c5cc(F)cc6c5oc(=O)n6C5CCC(=O)NC5=O)CC4)CC3)CC2)c(CC)cc1Nc1ncc(Br)c(Nc2ccc3nc(CC)ccc3c2P(C)(C)=O)n1. The fraction of sp³-hybridized carbons (Fsp3) is 0.481. The average Bonchev–Trinajstić information content (AvgIpc) is 3.72. The molecule has 6 aromatic rings. The summed E-state index contributed by atoms with van der Waals surface area (Å²) in [5.41, 5.74) is 6.74. The van der Waals surface area contributed by atoms with Crippen molar-refractivity contribution >= 4 is 96.7 Å². The van der Waals surface area contributed by atoms with Crippen LogP contribution in [0.5, 0.6) is 5.75 Å². The molecule has 3 aromatic heterocycles. The topological polar surface area (TPSA) is 183 Å². The first-order valence-electron chi connectivity index (χ1n) is 26.2. The van der Waals surface area contributed by atoms with Crippen LogP contribution in [-0.2, 0) is 27.0 Å². The van der Waals surface area contributed by atoms with Crippen LogP contribution in [0.3, 0.4) is 0 Å². The lowest BCUT2D eigenvalue weighted by molar-refractivity contribution is -0.135. The molecule has 0 spiro atoms. The van der Waals surface area contributed by atoms with Gasteiger partial charge >= 0.3 is 5.76 Å². The van der Waals surface area contributed by atoms with Crippen LogP contribution in [0.25, 0.3) is 22.0 Å². The zero-order valence-corrected chi connectivity index (χ0v) is 45.4. The normalized spacial score (nSPS) is 18.9. The maximum Gasteiger partial charge on any atom is 0.420 e. The van der Waals surface area contributed by atoms with Crippen LogP contribution in [0.4, 0.5) is 38.9 Å². The Morgan fingerprint density at radius 1 is 0.838 bits per heavy atom. The molecule has 2 amide bonds. The largest absolute Gasteiger partial charge is 0.492 e. The summed E-state index contributed by atoms with van der Waals surface area (Å²) in [6, 6.07) is 14.5. The highest BCUT2D eigenvalue weighted by atomic mass is 79.9. The molecular weight excluding hydrogens is 1030 g/mol. The molecule has 4 fully saturated rings. The van der Waals surface area contributed by atoms with E-state index in [1.54, 1.807) is 19.5 Å². The molecule has 1 atom stereocenters. The van der Waals surface area contributed by atoms with Crippen molar-refractivity contribution in [2.24, 2.45) is 5.92 Å². The highest BCUT2D eigenvalue weighted by Crippen LogP contribution is 2.43. The van der Waals surface area contributed by atoms with Crippen LogP contribution < -0.4 is 41.5 Å². The number of aryl methyl sites for hydroxylation is 2. The maximum absolute atomic E-state index is 15.1. The molecule has 0 aliphatic carbocycles. The first kappa shape index (κ1) is 51.6. The number of carbonyl (C=O) groups is 2. The van der Waals surface area contributed by atoms with Gasteiger partial charge in [0.05, 0.1) is 39.2 Å². The Morgan fingerprint density at radius 3 is 2.28 bits per heavy atom. The van der Waals surface area contributed by atoms with Crippen LogP contribution in [0.15, 0.2) is 68.4 Å². The third-order valence-corrected chi connectivity index (χ3v) is 17.4. The number of benzene rings is 3. The number of piperidine rings is 3. The predicted molar refractivity (Wildman–Crippen MR) is 294 cm³/mol. The number of nitrogens with one attached hydrogen (secondary N) is 3. The van der Waals surface area contributed by atoms with Crippen molar-refractivity contribution in [2.75, 3.05) is 99.3 Å². The van der Waals surface area contributed by atoms with E-state index in [0.717, 1.165) is 118 Å². The number of fused-ring (bicyclic) bond motifs is 2. The molecule has 3 N–H and O–H groups in total. The summed E-state index contributed by atoms with van der Waals surface area (Å²) in [6.45, 7) is 18.8. The molecule has 0 radical (unpaired) electrons. The Labute approximate surface area is 439 Å². The third kappa shape index (κ3) is 10.8. The van der Waals surface area contributed by atoms with Crippen LogP contribution in [-0.4, -0.2) is 126 Å². The molecule has 7 heterocycles. The van der Waals surface area contributed by atoms with Gasteiger partial charge in [-0.05, 0) is 117 Å². The molecule has 20 heteroatoms. The lowest BCUT2D eigenvalue weighted by atomic mass is 9.95. The Kier molecular flexibility index (Phi) is 15.2. The van der Waals surface area contributed by atoms with Gasteiger partial charge in [-0.1, -0.05) is 19.9 Å². The second-order valence-corrected chi connectivity index (χ2v) is 24.4. The number of nitrogens with zero attached hydrogens (tertiary/aromatic N) is 8. The van der Waals surface area contributed by atoms with Gasteiger partial charge in [-0.15, -0.1) is 0 Å². The molecule has 4 aliphatic rings. The number of pyridine rings is 1. The van der Waals surface area contributed by atoms with Crippen LogP contribution >= 0.6 is 23.1 Å². The van der Waals surface area contributed by atoms with E-state index >= 15 is 4.39 Å². The summed E-state index contributed by atoms with van der Waals surface area (Å²) >= 11 is 3.65. The second-order valence-electron chi connectivity index (χ2n) is 20.4. The molecule has 3 aromatic carbocycles. The number of piperazine rings is 1. The highest BCUT2D eigenvalue weighted by molar-refractivity contribution is 9.10. The Morgan fingerprint density at radius 2 is 1.58 bits per heavy atom. The van der Waals surface area contributed by atoms with Crippen molar-refractivity contribution in [1.29, 1.82) is 0 Å². The number of anilines is 6. The minimum absolute atomic E-state index is 0.0969. The van der Waals surface area contributed by atoms with Crippen molar-refractivity contribution in [3.63, 3.8) is 0 Å². The second kappa shape index (κ2) is 21.8. The standard InChI is InChI=1S/C54H66BrFN11O6P/c1-6-34-27-42(60-53-57-31-39(55)51(62-53)59-41-12-11-40-38(50(41)74(4,5)71)10-9-36(7-2)58-40)47(72-8-3)30-44(34)65-21-17-37(18-22-65)64-25-23-63(24-26-64)32-33-15-19-66(20-16-33)45-28-35(56)29-46-49(45)73-54(70)67(46)43-13-14-48(68)61-52(43)69/h9-12,27-31,33,37,43H,6-8,13-26,32H2,1-5H3,(H,61,68,69)(H2,57,59,60,62). The fourth-order valence-electron chi connectivity index (χ4n) is 11.5. The van der Waals surface area contributed by atoms with Gasteiger partial charge in [0, 0.05) is 118 Å². The molecule has 74 heavy (non-hydrogen) atoms. The highest BCUT2D eigenvalue weighted by Gasteiger charge is 2.34. The van der Waals surface area contributed by atoms with Crippen LogP contribution in [0.1, 0.15) is 76.6 Å². The molecular formula is C54H66BrFN11O6P. The summed E-state index contributed by atoms with van der Waals surface area (Å²) in [5, 5.41) is 10.8. The lowest BCUT2D eigenvalue weighted by Gasteiger charge is -2.44. The van der Waals surface area contributed by atoms with E-state index in [-0.39, 0.29) is 29.8 Å². The van der Waals surface area contributed by atoms with Crippen molar-refractivity contribution < 1.29 is 27.7 Å². The Bertz CT molecular complexity index is 3190. The van der Waals surface area contributed by atoms with Crippen molar-refractivity contribution in [1.82, 2.24) is 34.6 Å². The number of imide groups is 1. The molecule has 0 saturated carbocycles. The van der Waals surface area contributed by atoms with Crippen molar-refractivity contribution in [2.45, 2.75) is 84.2 Å². The molecule has 1 unspecified atom stereocenters. The number of carbonyl (C=O) groups excluding carboxylic acids is 2. The number of hydrogen-bond acceptors (Lipinski definition) is 15. The van der Waals surface area contributed by atoms with Gasteiger partial charge in [0.25, 0.3) is 0 Å². The molecule has 4 aliphatic heterocycles. The van der Waals surface area contributed by atoms with Crippen LogP contribution in [0, 0.1) is 11.7 Å². The van der Waals surface area contributed by atoms with Crippen molar-refractivity contribution in [3.8, 4) is 5.75 Å². The van der Waals surface area contributed by atoms with E-state index in [4.69, 9.17) is 19.1 Å². The fourth-order valence-corrected chi connectivity index (χ4v) is 13.3. The van der Waals surface area contributed by atoms with E-state index in [1.807, 2.05) is 31.2 Å². The summed E-state index contributed by atoms with van der Waals surface area (Å²) < 4.78 is 42.7. The first-order chi connectivity index (χ1) is 35.7. The first-order valence-corrected chi connectivity index (χ1v) is 29.6. The Balaban J connectivity index is 0.737. The Hall–Kier alpha value is -5.88.